The average Bonchev–Trinajstić information content (AvgIpc) is 2.78. The highest BCUT2D eigenvalue weighted by molar-refractivity contribution is 6.30. The van der Waals surface area contributed by atoms with Crippen molar-refractivity contribution in [2.24, 2.45) is 0 Å². The monoisotopic (exact) mass is 249 g/mol. The molecular formula is C13H12ClNO2. The van der Waals surface area contributed by atoms with E-state index in [1.807, 2.05) is 12.1 Å². The molecule has 0 saturated heterocycles. The van der Waals surface area contributed by atoms with Crippen molar-refractivity contribution in [3.05, 3.63) is 47.2 Å². The average molecular weight is 250 g/mol. The lowest BCUT2D eigenvalue weighted by Gasteiger charge is -2.06. The summed E-state index contributed by atoms with van der Waals surface area (Å²) in [4.78, 5) is 13.1. The maximum absolute atomic E-state index is 11.7. The fourth-order valence-electron chi connectivity index (χ4n) is 1.44. The zero-order valence-corrected chi connectivity index (χ0v) is 10.4. The van der Waals surface area contributed by atoms with Crippen LogP contribution in [0, 0.1) is 0 Å². The highest BCUT2D eigenvalue weighted by atomic mass is 35.5. The Morgan fingerprint density at radius 2 is 1.76 bits per heavy atom. The van der Waals surface area contributed by atoms with E-state index in [-0.39, 0.29) is 5.91 Å². The lowest BCUT2D eigenvalue weighted by atomic mass is 10.2. The molecule has 3 nitrogen and oxygen atoms in total. The first kappa shape index (κ1) is 11.7. The number of carbonyl (C=O) groups excluding carboxylic acids is 1. The van der Waals surface area contributed by atoms with E-state index in [1.54, 1.807) is 38.4 Å². The summed E-state index contributed by atoms with van der Waals surface area (Å²) in [6.07, 6.45) is 0. The van der Waals surface area contributed by atoms with E-state index in [1.165, 1.54) is 4.90 Å². The molecule has 88 valence electrons. The molecule has 2 aromatic rings. The molecule has 0 spiro atoms. The molecule has 0 bridgehead atoms. The van der Waals surface area contributed by atoms with Crippen LogP contribution in [0.1, 0.15) is 10.6 Å². The van der Waals surface area contributed by atoms with Crippen molar-refractivity contribution in [2.45, 2.75) is 0 Å². The van der Waals surface area contributed by atoms with Crippen molar-refractivity contribution in [2.75, 3.05) is 14.1 Å². The minimum absolute atomic E-state index is 0.148. The Hall–Kier alpha value is -1.74. The Balaban J connectivity index is 2.30. The van der Waals surface area contributed by atoms with E-state index >= 15 is 0 Å². The van der Waals surface area contributed by atoms with E-state index in [4.69, 9.17) is 16.0 Å². The molecule has 0 aliphatic carbocycles. The van der Waals surface area contributed by atoms with Gasteiger partial charge in [0.15, 0.2) is 5.76 Å². The summed E-state index contributed by atoms with van der Waals surface area (Å²) < 4.78 is 5.50. The molecule has 0 saturated carbocycles. The van der Waals surface area contributed by atoms with Crippen LogP contribution in [0.4, 0.5) is 0 Å². The molecule has 0 aliphatic rings. The SMILES string of the molecule is CN(C)C(=O)c1ccc(-c2ccc(Cl)cc2)o1. The lowest BCUT2D eigenvalue weighted by molar-refractivity contribution is 0.0797. The third-order valence-electron chi connectivity index (χ3n) is 2.35. The number of carbonyl (C=O) groups is 1. The molecule has 0 radical (unpaired) electrons. The molecule has 1 aromatic carbocycles. The highest BCUT2D eigenvalue weighted by Crippen LogP contribution is 2.24. The van der Waals surface area contributed by atoms with Crippen LogP contribution >= 0.6 is 11.6 Å². The number of halogens is 1. The molecule has 1 aromatic heterocycles. The molecule has 0 fully saturated rings. The molecule has 0 aliphatic heterocycles. The molecule has 2 rings (SSSR count). The van der Waals surface area contributed by atoms with Crippen LogP contribution in [0.3, 0.4) is 0 Å². The molecule has 1 amide bonds. The molecule has 0 atom stereocenters. The zero-order chi connectivity index (χ0) is 12.4. The number of benzene rings is 1. The number of furan rings is 1. The second kappa shape index (κ2) is 4.63. The van der Waals surface area contributed by atoms with Crippen LogP contribution in [-0.2, 0) is 0 Å². The van der Waals surface area contributed by atoms with E-state index in [0.29, 0.717) is 16.5 Å². The summed E-state index contributed by atoms with van der Waals surface area (Å²) in [5.74, 6) is 0.844. The van der Waals surface area contributed by atoms with Crippen LogP contribution in [0.5, 0.6) is 0 Å². The third-order valence-corrected chi connectivity index (χ3v) is 2.60. The summed E-state index contributed by atoms with van der Waals surface area (Å²) in [5, 5.41) is 0.671. The van der Waals surface area contributed by atoms with Gasteiger partial charge in [0.2, 0.25) is 0 Å². The van der Waals surface area contributed by atoms with Crippen LogP contribution in [0.25, 0.3) is 11.3 Å². The van der Waals surface area contributed by atoms with Crippen molar-refractivity contribution in [1.82, 2.24) is 4.90 Å². The van der Waals surface area contributed by atoms with Gasteiger partial charge in [0, 0.05) is 24.7 Å². The Morgan fingerprint density at radius 3 is 2.35 bits per heavy atom. The predicted octanol–water partition coefficient (Wildman–Crippen LogP) is 3.30. The fraction of sp³-hybridized carbons (Fsp3) is 0.154. The standard InChI is InChI=1S/C13H12ClNO2/c1-15(2)13(16)12-8-7-11(17-12)9-3-5-10(14)6-4-9/h3-8H,1-2H3. The predicted molar refractivity (Wildman–Crippen MR) is 67.2 cm³/mol. The van der Waals surface area contributed by atoms with Crippen molar-refractivity contribution < 1.29 is 9.21 Å². The van der Waals surface area contributed by atoms with Crippen LogP contribution in [0.15, 0.2) is 40.8 Å². The normalized spacial score (nSPS) is 10.3. The van der Waals surface area contributed by atoms with Crippen molar-refractivity contribution in [3.8, 4) is 11.3 Å². The van der Waals surface area contributed by atoms with E-state index in [0.717, 1.165) is 5.56 Å². The minimum atomic E-state index is -0.148. The van der Waals surface area contributed by atoms with E-state index < -0.39 is 0 Å². The summed E-state index contributed by atoms with van der Waals surface area (Å²) in [6.45, 7) is 0. The number of nitrogens with zero attached hydrogens (tertiary/aromatic N) is 1. The van der Waals surface area contributed by atoms with Crippen LogP contribution in [-0.4, -0.2) is 24.9 Å². The van der Waals surface area contributed by atoms with Gasteiger partial charge in [-0.25, -0.2) is 0 Å². The molecule has 17 heavy (non-hydrogen) atoms. The number of hydrogen-bond donors (Lipinski definition) is 0. The van der Waals surface area contributed by atoms with Gasteiger partial charge < -0.3 is 9.32 Å². The first-order chi connectivity index (χ1) is 8.08. The van der Waals surface area contributed by atoms with Gasteiger partial charge in [-0.15, -0.1) is 0 Å². The fourth-order valence-corrected chi connectivity index (χ4v) is 1.57. The second-order valence-electron chi connectivity index (χ2n) is 3.87. The maximum Gasteiger partial charge on any atom is 0.289 e. The molecule has 0 N–H and O–H groups in total. The van der Waals surface area contributed by atoms with E-state index in [9.17, 15) is 4.79 Å². The molecule has 1 heterocycles. The first-order valence-electron chi connectivity index (χ1n) is 5.15. The number of rotatable bonds is 2. The smallest absolute Gasteiger partial charge is 0.289 e. The molecular weight excluding hydrogens is 238 g/mol. The molecule has 4 heteroatoms. The minimum Gasteiger partial charge on any atom is -0.451 e. The van der Waals surface area contributed by atoms with Crippen molar-refractivity contribution in [3.63, 3.8) is 0 Å². The topological polar surface area (TPSA) is 33.5 Å². The van der Waals surface area contributed by atoms with Crippen LogP contribution in [0.2, 0.25) is 5.02 Å². The second-order valence-corrected chi connectivity index (χ2v) is 4.31. The van der Waals surface area contributed by atoms with Gasteiger partial charge in [-0.1, -0.05) is 11.6 Å². The summed E-state index contributed by atoms with van der Waals surface area (Å²) in [5.41, 5.74) is 0.896. The van der Waals surface area contributed by atoms with Gasteiger partial charge in [0.25, 0.3) is 5.91 Å². The van der Waals surface area contributed by atoms with Crippen LogP contribution < -0.4 is 0 Å². The van der Waals surface area contributed by atoms with Gasteiger partial charge in [-0.05, 0) is 36.4 Å². The quantitative estimate of drug-likeness (QED) is 0.818. The Morgan fingerprint density at radius 1 is 1.12 bits per heavy atom. The Labute approximate surface area is 105 Å². The number of amides is 1. The zero-order valence-electron chi connectivity index (χ0n) is 9.61. The maximum atomic E-state index is 11.7. The van der Waals surface area contributed by atoms with Crippen molar-refractivity contribution in [1.29, 1.82) is 0 Å². The van der Waals surface area contributed by atoms with Gasteiger partial charge >= 0.3 is 0 Å². The molecule has 0 unspecified atom stereocenters. The van der Waals surface area contributed by atoms with Gasteiger partial charge in [-0.2, -0.15) is 0 Å². The summed E-state index contributed by atoms with van der Waals surface area (Å²) in [7, 11) is 3.37. The first-order valence-corrected chi connectivity index (χ1v) is 5.53. The number of hydrogen-bond acceptors (Lipinski definition) is 2. The van der Waals surface area contributed by atoms with Crippen molar-refractivity contribution >= 4 is 17.5 Å². The largest absolute Gasteiger partial charge is 0.451 e. The summed E-state index contributed by atoms with van der Waals surface area (Å²) >= 11 is 5.80. The Kier molecular flexibility index (Phi) is 3.20. The Bertz CT molecular complexity index is 529. The highest BCUT2D eigenvalue weighted by Gasteiger charge is 2.13. The summed E-state index contributed by atoms with van der Waals surface area (Å²) in [6, 6.07) is 10.7. The lowest BCUT2D eigenvalue weighted by Crippen LogP contribution is -2.20. The van der Waals surface area contributed by atoms with E-state index in [2.05, 4.69) is 0 Å². The van der Waals surface area contributed by atoms with Gasteiger partial charge in [0.05, 0.1) is 0 Å². The van der Waals surface area contributed by atoms with Gasteiger partial charge in [-0.3, -0.25) is 4.79 Å². The van der Waals surface area contributed by atoms with Gasteiger partial charge in [0.1, 0.15) is 5.76 Å². The third kappa shape index (κ3) is 2.50.